The fraction of sp³-hybridized carbons (Fsp3) is 0.733. The fourth-order valence-electron chi connectivity index (χ4n) is 1.71. The molecule has 0 heterocycles. The third kappa shape index (κ3) is 6.80. The molecule has 0 aliphatic carbocycles. The van der Waals surface area contributed by atoms with Crippen molar-refractivity contribution in [1.82, 2.24) is 0 Å². The number of unbranched alkanes of at least 4 members (excludes halogenated alkanes) is 1. The molecule has 1 unspecified atom stereocenters. The van der Waals surface area contributed by atoms with Gasteiger partial charge in [-0.05, 0) is 6.42 Å². The van der Waals surface area contributed by atoms with Crippen LogP contribution in [-0.2, 0) is 24.0 Å². The number of hydrogen-bond donors (Lipinski definition) is 1. The van der Waals surface area contributed by atoms with Gasteiger partial charge in [0.2, 0.25) is 0 Å². The molecule has 0 fully saturated rings. The molecule has 0 amide bonds. The Hall–Kier alpha value is -1.76. The molecule has 1 atom stereocenters. The maximum atomic E-state index is 11.8. The van der Waals surface area contributed by atoms with Crippen molar-refractivity contribution >= 4 is 12.1 Å². The van der Waals surface area contributed by atoms with Gasteiger partial charge in [-0.15, -0.1) is 0 Å². The van der Waals surface area contributed by atoms with E-state index in [1.54, 1.807) is 27.7 Å². The van der Waals surface area contributed by atoms with Crippen LogP contribution in [0.15, 0.2) is 12.3 Å². The molecule has 0 radical (unpaired) electrons. The number of rotatable bonds is 9. The number of carboxylic acid groups (broad SMARTS) is 1. The van der Waals surface area contributed by atoms with Crippen molar-refractivity contribution in [2.75, 3.05) is 6.61 Å². The summed E-state index contributed by atoms with van der Waals surface area (Å²) in [5, 5.41) is 8.88. The van der Waals surface area contributed by atoms with E-state index in [9.17, 15) is 9.59 Å². The molecule has 0 aliphatic rings. The molecular formula is C15H26O7. The van der Waals surface area contributed by atoms with Crippen molar-refractivity contribution in [3.8, 4) is 0 Å². The first-order chi connectivity index (χ1) is 10.2. The van der Waals surface area contributed by atoms with E-state index < -0.39 is 23.3 Å². The highest BCUT2D eigenvalue weighted by Crippen LogP contribution is 2.38. The average molecular weight is 318 g/mol. The van der Waals surface area contributed by atoms with Crippen LogP contribution in [-0.4, -0.2) is 29.6 Å². The van der Waals surface area contributed by atoms with Gasteiger partial charge in [0.15, 0.2) is 0 Å². The van der Waals surface area contributed by atoms with Crippen LogP contribution in [0.25, 0.3) is 0 Å². The molecule has 1 N–H and O–H groups in total. The SMILES string of the molecule is CCCCOOC=CC(=O)OC(CC)(OC(=O)O)C(C)(C)C. The Kier molecular flexibility index (Phi) is 8.55. The molecule has 0 aromatic heterocycles. The molecule has 0 aromatic carbocycles. The molecule has 7 nitrogen and oxygen atoms in total. The van der Waals surface area contributed by atoms with Crippen molar-refractivity contribution in [3.05, 3.63) is 12.3 Å². The van der Waals surface area contributed by atoms with E-state index in [4.69, 9.17) is 19.5 Å². The Morgan fingerprint density at radius 1 is 1.14 bits per heavy atom. The summed E-state index contributed by atoms with van der Waals surface area (Å²) in [6.07, 6.45) is 2.53. The van der Waals surface area contributed by atoms with Gasteiger partial charge >= 0.3 is 12.1 Å². The van der Waals surface area contributed by atoms with Crippen LogP contribution in [0, 0.1) is 5.41 Å². The summed E-state index contributed by atoms with van der Waals surface area (Å²) in [5.41, 5.74) is -0.734. The zero-order valence-corrected chi connectivity index (χ0v) is 13.9. The van der Waals surface area contributed by atoms with Gasteiger partial charge in [-0.1, -0.05) is 41.0 Å². The van der Waals surface area contributed by atoms with Crippen molar-refractivity contribution in [1.29, 1.82) is 0 Å². The first-order valence-electron chi connectivity index (χ1n) is 7.28. The minimum atomic E-state index is -1.58. The van der Waals surface area contributed by atoms with Gasteiger partial charge in [0.1, 0.15) is 6.26 Å². The second-order valence-corrected chi connectivity index (χ2v) is 5.72. The molecule has 128 valence electrons. The lowest BCUT2D eigenvalue weighted by molar-refractivity contribution is -0.255. The summed E-state index contributed by atoms with van der Waals surface area (Å²) in [4.78, 5) is 32.2. The molecular weight excluding hydrogens is 292 g/mol. The van der Waals surface area contributed by atoms with Gasteiger partial charge in [0.05, 0.1) is 12.7 Å². The topological polar surface area (TPSA) is 91.3 Å². The van der Waals surface area contributed by atoms with Crippen LogP contribution in [0.1, 0.15) is 53.9 Å². The molecule has 7 heteroatoms. The lowest BCUT2D eigenvalue weighted by Crippen LogP contribution is -2.49. The fourth-order valence-corrected chi connectivity index (χ4v) is 1.71. The van der Waals surface area contributed by atoms with Crippen molar-refractivity contribution in [3.63, 3.8) is 0 Å². The van der Waals surface area contributed by atoms with Crippen molar-refractivity contribution < 1.29 is 33.9 Å². The second kappa shape index (κ2) is 9.30. The normalized spacial score (nSPS) is 14.4. The van der Waals surface area contributed by atoms with E-state index in [0.717, 1.165) is 25.2 Å². The predicted molar refractivity (Wildman–Crippen MR) is 78.8 cm³/mol. The van der Waals surface area contributed by atoms with E-state index in [1.807, 2.05) is 6.92 Å². The van der Waals surface area contributed by atoms with Crippen LogP contribution in [0.2, 0.25) is 0 Å². The summed E-state index contributed by atoms with van der Waals surface area (Å²) in [6.45, 7) is 9.27. The van der Waals surface area contributed by atoms with E-state index in [2.05, 4.69) is 4.89 Å². The predicted octanol–water partition coefficient (Wildman–Crippen LogP) is 3.64. The maximum absolute atomic E-state index is 11.8. The van der Waals surface area contributed by atoms with Gasteiger partial charge in [0.25, 0.3) is 5.79 Å². The average Bonchev–Trinajstić information content (AvgIpc) is 2.40. The Morgan fingerprint density at radius 3 is 2.23 bits per heavy atom. The number of esters is 1. The van der Waals surface area contributed by atoms with E-state index in [0.29, 0.717) is 6.61 Å². The summed E-state index contributed by atoms with van der Waals surface area (Å²) < 4.78 is 10.1. The number of carbonyl (C=O) groups is 2. The highest BCUT2D eigenvalue weighted by molar-refractivity contribution is 5.82. The van der Waals surface area contributed by atoms with Gasteiger partial charge in [0, 0.05) is 11.8 Å². The van der Waals surface area contributed by atoms with Crippen LogP contribution in [0.5, 0.6) is 0 Å². The maximum Gasteiger partial charge on any atom is 0.509 e. The number of ether oxygens (including phenoxy) is 2. The van der Waals surface area contributed by atoms with Gasteiger partial charge in [-0.2, -0.15) is 4.89 Å². The monoisotopic (exact) mass is 318 g/mol. The highest BCUT2D eigenvalue weighted by atomic mass is 17.2. The van der Waals surface area contributed by atoms with Crippen LogP contribution in [0.4, 0.5) is 4.79 Å². The van der Waals surface area contributed by atoms with Crippen LogP contribution >= 0.6 is 0 Å². The Balaban J connectivity index is 4.69. The molecule has 0 rings (SSSR count). The van der Waals surface area contributed by atoms with Crippen molar-refractivity contribution in [2.45, 2.75) is 59.7 Å². The highest BCUT2D eigenvalue weighted by Gasteiger charge is 2.48. The molecule has 0 saturated carbocycles. The third-order valence-corrected chi connectivity index (χ3v) is 3.03. The van der Waals surface area contributed by atoms with E-state index in [-0.39, 0.29) is 6.42 Å². The Labute approximate surface area is 131 Å². The lowest BCUT2D eigenvalue weighted by Gasteiger charge is -2.40. The second-order valence-electron chi connectivity index (χ2n) is 5.72. The number of carbonyl (C=O) groups excluding carboxylic acids is 1. The Morgan fingerprint density at radius 2 is 1.77 bits per heavy atom. The van der Waals surface area contributed by atoms with E-state index >= 15 is 0 Å². The van der Waals surface area contributed by atoms with Gasteiger partial charge in [-0.25, -0.2) is 9.59 Å². The standard InChI is InChI=1S/C15H26O7/c1-6-8-10-19-20-11-9-12(16)21-15(7-2,14(3,4)5)22-13(17)18/h9,11H,6-8,10H2,1-5H3,(H,17,18). The zero-order chi connectivity index (χ0) is 17.2. The number of hydrogen-bond acceptors (Lipinski definition) is 6. The minimum absolute atomic E-state index is 0.177. The zero-order valence-electron chi connectivity index (χ0n) is 13.9. The smallest absolute Gasteiger partial charge is 0.450 e. The van der Waals surface area contributed by atoms with Gasteiger partial charge < -0.3 is 19.5 Å². The van der Waals surface area contributed by atoms with E-state index in [1.165, 1.54) is 0 Å². The molecule has 0 spiro atoms. The first-order valence-corrected chi connectivity index (χ1v) is 7.28. The lowest BCUT2D eigenvalue weighted by atomic mass is 9.83. The van der Waals surface area contributed by atoms with Crippen molar-refractivity contribution in [2.24, 2.45) is 5.41 Å². The van der Waals surface area contributed by atoms with Gasteiger partial charge in [-0.3, -0.25) is 0 Å². The molecule has 0 bridgehead atoms. The molecule has 0 aliphatic heterocycles. The Bertz CT molecular complexity index is 384. The quantitative estimate of drug-likeness (QED) is 0.132. The van der Waals surface area contributed by atoms with Crippen LogP contribution in [0.3, 0.4) is 0 Å². The minimum Gasteiger partial charge on any atom is -0.450 e. The molecule has 0 aromatic rings. The summed E-state index contributed by atoms with van der Waals surface area (Å²) >= 11 is 0. The first kappa shape index (κ1) is 20.2. The largest absolute Gasteiger partial charge is 0.509 e. The molecule has 22 heavy (non-hydrogen) atoms. The third-order valence-electron chi connectivity index (χ3n) is 3.03. The summed E-state index contributed by atoms with van der Waals surface area (Å²) in [6, 6.07) is 0. The molecule has 0 saturated heterocycles. The summed E-state index contributed by atoms with van der Waals surface area (Å²) in [5.74, 6) is -2.36. The van der Waals surface area contributed by atoms with Crippen LogP contribution < -0.4 is 0 Å². The summed E-state index contributed by atoms with van der Waals surface area (Å²) in [7, 11) is 0.